The number of aromatic nitrogens is 2. The average molecular weight is 577 g/mol. The van der Waals surface area contributed by atoms with Crippen LogP contribution < -0.4 is 10.6 Å². The molecular weight excluding hydrogens is 544 g/mol. The lowest BCUT2D eigenvalue weighted by molar-refractivity contribution is 1.07. The topological polar surface area (TPSA) is 9.86 Å². The fraction of sp³-hybridized carbons (Fsp3) is 0.0233. The lowest BCUT2D eigenvalue weighted by Gasteiger charge is -2.08. The maximum absolute atomic E-state index is 2.36. The Labute approximate surface area is 262 Å². The molecule has 0 fully saturated rings. The molecule has 2 nitrogen and oxygen atoms in total. The quantitative estimate of drug-likeness (QED) is 0.193. The van der Waals surface area contributed by atoms with Crippen molar-refractivity contribution in [3.63, 3.8) is 0 Å². The first kappa shape index (κ1) is 26.7. The van der Waals surface area contributed by atoms with Crippen molar-refractivity contribution in [3.05, 3.63) is 174 Å². The fourth-order valence-corrected chi connectivity index (χ4v) is 6.69. The first-order chi connectivity index (χ1) is 22.3. The molecule has 0 saturated heterocycles. The van der Waals surface area contributed by atoms with E-state index in [1.807, 2.05) is 0 Å². The van der Waals surface area contributed by atoms with Crippen LogP contribution in [0.1, 0.15) is 12.5 Å². The van der Waals surface area contributed by atoms with Gasteiger partial charge in [0.15, 0.2) is 0 Å². The first-order valence-corrected chi connectivity index (χ1v) is 15.5. The van der Waals surface area contributed by atoms with Gasteiger partial charge in [0.05, 0.1) is 21.9 Å². The van der Waals surface area contributed by atoms with Crippen LogP contribution in [0.2, 0.25) is 0 Å². The van der Waals surface area contributed by atoms with Gasteiger partial charge in [-0.1, -0.05) is 115 Å². The van der Waals surface area contributed by atoms with Crippen molar-refractivity contribution in [2.45, 2.75) is 6.92 Å². The fourth-order valence-electron chi connectivity index (χ4n) is 6.69. The Morgan fingerprint density at radius 2 is 1.07 bits per heavy atom. The highest BCUT2D eigenvalue weighted by Gasteiger charge is 2.13. The molecule has 8 aromatic rings. The van der Waals surface area contributed by atoms with Crippen LogP contribution in [0.25, 0.3) is 73.4 Å². The molecule has 8 rings (SSSR count). The van der Waals surface area contributed by atoms with E-state index < -0.39 is 0 Å². The lowest BCUT2D eigenvalue weighted by Crippen LogP contribution is -2.27. The van der Waals surface area contributed by atoms with Gasteiger partial charge in [-0.25, -0.2) is 0 Å². The normalized spacial score (nSPS) is 12.7. The van der Waals surface area contributed by atoms with Crippen LogP contribution in [0.5, 0.6) is 0 Å². The Balaban J connectivity index is 1.21. The molecule has 214 valence electrons. The van der Waals surface area contributed by atoms with E-state index in [1.54, 1.807) is 0 Å². The third-order valence-corrected chi connectivity index (χ3v) is 8.70. The SMILES string of the molecule is C\C=c1/c(=C\C=C\c2cccc(-c3ccc4c(c3)c3ccccc3n4-c3ccccc3)c2)n(-c2ccccc2)c2ccccc12. The maximum atomic E-state index is 2.36. The van der Waals surface area contributed by atoms with Crippen molar-refractivity contribution in [3.8, 4) is 22.5 Å². The minimum Gasteiger partial charge on any atom is -0.309 e. The molecule has 0 aliphatic carbocycles. The molecule has 0 aliphatic heterocycles. The molecule has 0 unspecified atom stereocenters. The van der Waals surface area contributed by atoms with Crippen LogP contribution in [0.3, 0.4) is 0 Å². The number of hydrogen-bond donors (Lipinski definition) is 0. The van der Waals surface area contributed by atoms with Gasteiger partial charge in [-0.2, -0.15) is 0 Å². The molecule has 0 amide bonds. The Morgan fingerprint density at radius 3 is 1.80 bits per heavy atom. The summed E-state index contributed by atoms with van der Waals surface area (Å²) in [5.41, 5.74) is 9.57. The first-order valence-electron chi connectivity index (χ1n) is 15.5. The molecule has 0 aliphatic rings. The summed E-state index contributed by atoms with van der Waals surface area (Å²) in [5, 5.41) is 6.21. The molecule has 0 bridgehead atoms. The van der Waals surface area contributed by atoms with Gasteiger partial charge in [-0.15, -0.1) is 0 Å². The van der Waals surface area contributed by atoms with Crippen LogP contribution in [-0.2, 0) is 0 Å². The van der Waals surface area contributed by atoms with Crippen molar-refractivity contribution in [1.82, 2.24) is 9.13 Å². The third-order valence-electron chi connectivity index (χ3n) is 8.70. The molecule has 0 spiro atoms. The summed E-state index contributed by atoms with van der Waals surface area (Å²) in [4.78, 5) is 0. The predicted molar refractivity (Wildman–Crippen MR) is 192 cm³/mol. The molecule has 0 N–H and O–H groups in total. The van der Waals surface area contributed by atoms with E-state index in [0.29, 0.717) is 0 Å². The number of rotatable bonds is 5. The molecule has 2 aromatic heterocycles. The summed E-state index contributed by atoms with van der Waals surface area (Å²) >= 11 is 0. The summed E-state index contributed by atoms with van der Waals surface area (Å²) in [7, 11) is 0. The molecular formula is C43H32N2. The lowest BCUT2D eigenvalue weighted by atomic mass is 10.0. The van der Waals surface area contributed by atoms with Crippen LogP contribution in [0, 0.1) is 0 Å². The molecule has 45 heavy (non-hydrogen) atoms. The highest BCUT2D eigenvalue weighted by Crippen LogP contribution is 2.35. The van der Waals surface area contributed by atoms with E-state index in [4.69, 9.17) is 0 Å². The van der Waals surface area contributed by atoms with Crippen LogP contribution in [0.4, 0.5) is 0 Å². The van der Waals surface area contributed by atoms with Crippen LogP contribution in [-0.4, -0.2) is 9.13 Å². The molecule has 2 heteroatoms. The van der Waals surface area contributed by atoms with Gasteiger partial charge in [0.2, 0.25) is 0 Å². The summed E-state index contributed by atoms with van der Waals surface area (Å²) in [6, 6.07) is 54.2. The van der Waals surface area contributed by atoms with Gasteiger partial charge in [0, 0.05) is 32.8 Å². The van der Waals surface area contributed by atoms with E-state index >= 15 is 0 Å². The number of nitrogens with zero attached hydrogens (tertiary/aromatic N) is 2. The van der Waals surface area contributed by atoms with Gasteiger partial charge in [0.25, 0.3) is 0 Å². The summed E-state index contributed by atoms with van der Waals surface area (Å²) in [5.74, 6) is 0. The number of fused-ring (bicyclic) bond motifs is 4. The van der Waals surface area contributed by atoms with Crippen molar-refractivity contribution in [1.29, 1.82) is 0 Å². The molecule has 0 saturated carbocycles. The zero-order valence-corrected chi connectivity index (χ0v) is 25.1. The second-order valence-corrected chi connectivity index (χ2v) is 11.3. The smallest absolute Gasteiger partial charge is 0.0541 e. The number of allylic oxidation sites excluding steroid dienone is 1. The van der Waals surface area contributed by atoms with Gasteiger partial charge in [-0.3, -0.25) is 0 Å². The minimum absolute atomic E-state index is 1.16. The Kier molecular flexibility index (Phi) is 6.73. The van der Waals surface area contributed by atoms with Gasteiger partial charge in [0.1, 0.15) is 0 Å². The van der Waals surface area contributed by atoms with Gasteiger partial charge >= 0.3 is 0 Å². The van der Waals surface area contributed by atoms with Crippen molar-refractivity contribution >= 4 is 50.9 Å². The second kappa shape index (κ2) is 11.3. The van der Waals surface area contributed by atoms with Crippen molar-refractivity contribution in [2.75, 3.05) is 0 Å². The highest BCUT2D eigenvalue weighted by atomic mass is 15.0. The largest absolute Gasteiger partial charge is 0.309 e. The molecule has 0 atom stereocenters. The standard InChI is InChI=1S/C43H32N2/c1-2-36-37-22-9-11-24-41(37)44(34-18-5-3-6-19-34)40(36)26-14-16-31-15-13-17-32(29-31)33-27-28-43-39(30-33)38-23-10-12-25-42(38)45(43)35-20-7-4-8-21-35/h2-30H,1H3/b16-14+,36-2-,40-26+. The van der Waals surface area contributed by atoms with E-state index in [2.05, 4.69) is 192 Å². The highest BCUT2D eigenvalue weighted by molar-refractivity contribution is 6.10. The Hall–Kier alpha value is -5.86. The minimum atomic E-state index is 1.16. The molecule has 0 radical (unpaired) electrons. The number of hydrogen-bond acceptors (Lipinski definition) is 0. The van der Waals surface area contributed by atoms with E-state index in [9.17, 15) is 0 Å². The van der Waals surface area contributed by atoms with E-state index in [-0.39, 0.29) is 0 Å². The maximum Gasteiger partial charge on any atom is 0.0541 e. The predicted octanol–water partition coefficient (Wildman–Crippen LogP) is 9.69. The third kappa shape index (κ3) is 4.68. The molecule has 6 aromatic carbocycles. The van der Waals surface area contributed by atoms with Crippen LogP contribution >= 0.6 is 0 Å². The van der Waals surface area contributed by atoms with Gasteiger partial charge in [-0.05, 0) is 84.3 Å². The zero-order chi connectivity index (χ0) is 30.2. The number of benzene rings is 6. The number of para-hydroxylation sites is 4. The van der Waals surface area contributed by atoms with E-state index in [1.165, 1.54) is 65.7 Å². The zero-order valence-electron chi connectivity index (χ0n) is 25.1. The Morgan fingerprint density at radius 1 is 0.467 bits per heavy atom. The average Bonchev–Trinajstić information content (AvgIpc) is 3.61. The summed E-state index contributed by atoms with van der Waals surface area (Å²) < 4.78 is 4.71. The summed E-state index contributed by atoms with van der Waals surface area (Å²) in [6.07, 6.45) is 8.83. The van der Waals surface area contributed by atoms with Gasteiger partial charge < -0.3 is 9.13 Å². The van der Waals surface area contributed by atoms with Crippen molar-refractivity contribution in [2.24, 2.45) is 0 Å². The monoisotopic (exact) mass is 576 g/mol. The Bertz CT molecular complexity index is 2480. The van der Waals surface area contributed by atoms with Crippen molar-refractivity contribution < 1.29 is 0 Å². The second-order valence-electron chi connectivity index (χ2n) is 11.3. The van der Waals surface area contributed by atoms with E-state index in [0.717, 1.165) is 5.69 Å². The van der Waals surface area contributed by atoms with Crippen LogP contribution in [0.15, 0.2) is 158 Å². The molecule has 2 heterocycles. The summed E-state index contributed by atoms with van der Waals surface area (Å²) in [6.45, 7) is 2.12.